The van der Waals surface area contributed by atoms with Crippen molar-refractivity contribution >= 4 is 45.0 Å². The second kappa shape index (κ2) is 20.4. The molecule has 0 aliphatic rings. The first-order valence-corrected chi connectivity index (χ1v) is 13.4. The fraction of sp³-hybridized carbons (Fsp3) is 1.00. The third-order valence-electron chi connectivity index (χ3n) is 4.90. The molecule has 0 radical (unpaired) electrons. The van der Waals surface area contributed by atoms with Crippen LogP contribution in [-0.2, 0) is 0 Å². The van der Waals surface area contributed by atoms with Crippen LogP contribution in [0.15, 0.2) is 0 Å². The lowest BCUT2D eigenvalue weighted by atomic mass is 10.0. The monoisotopic (exact) mass is 414 g/mol. The molecule has 0 aromatic carbocycles. The van der Waals surface area contributed by atoms with Gasteiger partial charge < -0.3 is 0 Å². The molecule has 0 rings (SSSR count). The maximum atomic E-state index is 6.28. The minimum absolute atomic E-state index is 0.199. The molecule has 0 aromatic heterocycles. The van der Waals surface area contributed by atoms with Crippen molar-refractivity contribution in [3.8, 4) is 0 Å². The molecular formula is C20H41Cl3Si. The van der Waals surface area contributed by atoms with E-state index in [1.54, 1.807) is 0 Å². The van der Waals surface area contributed by atoms with Crippen molar-refractivity contribution in [2.24, 2.45) is 0 Å². The van der Waals surface area contributed by atoms with Crippen molar-refractivity contribution in [3.63, 3.8) is 0 Å². The average molecular weight is 416 g/mol. The van der Waals surface area contributed by atoms with E-state index in [0.717, 1.165) is 28.6 Å². The van der Waals surface area contributed by atoms with E-state index in [1.807, 2.05) is 0 Å². The summed E-state index contributed by atoms with van der Waals surface area (Å²) in [6.45, 7) is 0. The van der Waals surface area contributed by atoms with E-state index in [9.17, 15) is 0 Å². The summed E-state index contributed by atoms with van der Waals surface area (Å²) < 4.78 is 0. The summed E-state index contributed by atoms with van der Waals surface area (Å²) in [4.78, 5) is 0. The second-order valence-electron chi connectivity index (χ2n) is 7.22. The van der Waals surface area contributed by atoms with Gasteiger partial charge in [-0.1, -0.05) is 89.9 Å². The lowest BCUT2D eigenvalue weighted by Crippen LogP contribution is -2.14. The third-order valence-corrected chi connectivity index (χ3v) is 7.82. The summed E-state index contributed by atoms with van der Waals surface area (Å²) >= 11 is 18.1. The molecule has 2 unspecified atom stereocenters. The summed E-state index contributed by atoms with van der Waals surface area (Å²) in [5.41, 5.74) is 0. The van der Waals surface area contributed by atoms with Gasteiger partial charge >= 0.3 is 0 Å². The standard InChI is InChI=1S/C20H41Cl3Si/c21-17-15-13-11-9-7-5-3-1-2-4-6-8-10-12-14-16-19(22)20(23)18-24/h19-20H,1-18H2,24H3. The molecule has 0 aromatic rings. The predicted molar refractivity (Wildman–Crippen MR) is 119 cm³/mol. The largest absolute Gasteiger partial charge is 0.127 e. The molecule has 0 amide bonds. The fourth-order valence-electron chi connectivity index (χ4n) is 3.17. The Labute approximate surface area is 170 Å². The summed E-state index contributed by atoms with van der Waals surface area (Å²) in [6, 6.07) is 1.11. The molecule has 0 nitrogen and oxygen atoms in total. The first-order chi connectivity index (χ1) is 11.7. The molecule has 0 fully saturated rings. The number of alkyl halides is 3. The molecule has 0 aliphatic carbocycles. The molecule has 146 valence electrons. The Balaban J connectivity index is 3.08. The van der Waals surface area contributed by atoms with Gasteiger partial charge in [0.1, 0.15) is 0 Å². The first kappa shape index (κ1) is 25.1. The SMILES string of the molecule is [SiH3]CC(Cl)C(Cl)CCCCCCCCCCCCCCCCCCl. The van der Waals surface area contributed by atoms with E-state index in [0.29, 0.717) is 0 Å². The van der Waals surface area contributed by atoms with Crippen LogP contribution in [0.5, 0.6) is 0 Å². The van der Waals surface area contributed by atoms with E-state index in [4.69, 9.17) is 34.8 Å². The molecule has 0 heterocycles. The zero-order valence-electron chi connectivity index (χ0n) is 16.0. The van der Waals surface area contributed by atoms with Gasteiger partial charge in [0.2, 0.25) is 0 Å². The van der Waals surface area contributed by atoms with Crippen molar-refractivity contribution in [3.05, 3.63) is 0 Å². The van der Waals surface area contributed by atoms with Crippen LogP contribution >= 0.6 is 34.8 Å². The fourth-order valence-corrected chi connectivity index (χ4v) is 4.68. The first-order valence-electron chi connectivity index (χ1n) is 10.6. The van der Waals surface area contributed by atoms with E-state index in [1.165, 1.54) is 96.3 Å². The molecule has 0 N–H and O–H groups in total. The van der Waals surface area contributed by atoms with Crippen LogP contribution in [0.4, 0.5) is 0 Å². The molecule has 0 spiro atoms. The van der Waals surface area contributed by atoms with E-state index in [2.05, 4.69) is 0 Å². The highest BCUT2D eigenvalue weighted by Crippen LogP contribution is 2.20. The van der Waals surface area contributed by atoms with Crippen molar-refractivity contribution in [2.45, 2.75) is 120 Å². The summed E-state index contributed by atoms with van der Waals surface area (Å²) in [5.74, 6) is 0.835. The molecule has 0 bridgehead atoms. The van der Waals surface area contributed by atoms with E-state index in [-0.39, 0.29) is 10.8 Å². The maximum Gasteiger partial charge on any atom is 0.0496 e. The van der Waals surface area contributed by atoms with Crippen LogP contribution < -0.4 is 0 Å². The van der Waals surface area contributed by atoms with Gasteiger partial charge in [0, 0.05) is 26.9 Å². The van der Waals surface area contributed by atoms with Crippen LogP contribution in [0, 0.1) is 0 Å². The highest BCUT2D eigenvalue weighted by molar-refractivity contribution is 6.32. The van der Waals surface area contributed by atoms with E-state index >= 15 is 0 Å². The smallest absolute Gasteiger partial charge is 0.0496 e. The summed E-state index contributed by atoms with van der Waals surface area (Å²) in [7, 11) is 1.16. The van der Waals surface area contributed by atoms with Crippen molar-refractivity contribution in [2.75, 3.05) is 5.88 Å². The molecule has 2 atom stereocenters. The van der Waals surface area contributed by atoms with Gasteiger partial charge in [-0.2, -0.15) is 0 Å². The molecule has 0 aliphatic heterocycles. The van der Waals surface area contributed by atoms with Gasteiger partial charge in [0.25, 0.3) is 0 Å². The minimum atomic E-state index is 0.199. The van der Waals surface area contributed by atoms with Crippen LogP contribution in [-0.4, -0.2) is 26.9 Å². The highest BCUT2D eigenvalue weighted by Gasteiger charge is 2.13. The third kappa shape index (κ3) is 17.9. The lowest BCUT2D eigenvalue weighted by molar-refractivity contribution is 0.527. The number of rotatable bonds is 19. The number of halogens is 3. The van der Waals surface area contributed by atoms with Crippen LogP contribution in [0.25, 0.3) is 0 Å². The predicted octanol–water partition coefficient (Wildman–Crippen LogP) is 7.47. The van der Waals surface area contributed by atoms with Crippen molar-refractivity contribution in [1.82, 2.24) is 0 Å². The molecule has 24 heavy (non-hydrogen) atoms. The Kier molecular flexibility index (Phi) is 21.3. The van der Waals surface area contributed by atoms with Gasteiger partial charge in [0.05, 0.1) is 0 Å². The van der Waals surface area contributed by atoms with Crippen LogP contribution in [0.2, 0.25) is 6.04 Å². The Hall–Kier alpha value is 1.09. The number of unbranched alkanes of at least 4 members (excludes halogenated alkanes) is 14. The van der Waals surface area contributed by atoms with Crippen LogP contribution in [0.1, 0.15) is 103 Å². The Bertz CT molecular complexity index is 239. The zero-order valence-corrected chi connectivity index (χ0v) is 20.3. The molecular weight excluding hydrogens is 375 g/mol. The summed E-state index contributed by atoms with van der Waals surface area (Å²) in [6.07, 6.45) is 21.8. The molecule has 0 saturated carbocycles. The zero-order chi connectivity index (χ0) is 17.9. The Morgan fingerprint density at radius 3 is 1.17 bits per heavy atom. The summed E-state index contributed by atoms with van der Waals surface area (Å²) in [5, 5.41) is 0.411. The number of hydrogen-bond acceptors (Lipinski definition) is 0. The minimum Gasteiger partial charge on any atom is -0.127 e. The molecule has 4 heteroatoms. The topological polar surface area (TPSA) is 0 Å². The normalized spacial score (nSPS) is 14.1. The van der Waals surface area contributed by atoms with Crippen LogP contribution in [0.3, 0.4) is 0 Å². The van der Waals surface area contributed by atoms with Gasteiger partial charge in [-0.25, -0.2) is 0 Å². The van der Waals surface area contributed by atoms with E-state index < -0.39 is 0 Å². The van der Waals surface area contributed by atoms with Gasteiger partial charge in [-0.15, -0.1) is 34.8 Å². The maximum absolute atomic E-state index is 6.28. The van der Waals surface area contributed by atoms with Gasteiger partial charge in [-0.05, 0) is 18.9 Å². The Morgan fingerprint density at radius 1 is 0.500 bits per heavy atom. The highest BCUT2D eigenvalue weighted by atomic mass is 35.5. The lowest BCUT2D eigenvalue weighted by Gasteiger charge is -2.13. The van der Waals surface area contributed by atoms with Crippen molar-refractivity contribution < 1.29 is 0 Å². The van der Waals surface area contributed by atoms with Gasteiger partial charge in [-0.3, -0.25) is 0 Å². The Morgan fingerprint density at radius 2 is 0.833 bits per heavy atom. The van der Waals surface area contributed by atoms with Gasteiger partial charge in [0.15, 0.2) is 0 Å². The average Bonchev–Trinajstić information content (AvgIpc) is 2.60. The van der Waals surface area contributed by atoms with Crippen molar-refractivity contribution in [1.29, 1.82) is 0 Å². The molecule has 0 saturated heterocycles. The number of hydrogen-bond donors (Lipinski definition) is 0. The quantitative estimate of drug-likeness (QED) is 0.117. The second-order valence-corrected chi connectivity index (χ2v) is 9.54.